The average Bonchev–Trinajstić information content (AvgIpc) is 3.69. The summed E-state index contributed by atoms with van der Waals surface area (Å²) in [6.45, 7) is 9.86. The zero-order valence-electron chi connectivity index (χ0n) is 20.5. The number of halogens is 3. The molecule has 1 heterocycles. The molecule has 10 heteroatoms. The van der Waals surface area contributed by atoms with Crippen LogP contribution in [-0.2, 0) is 11.6 Å². The molecule has 1 unspecified atom stereocenters. The lowest BCUT2D eigenvalue weighted by Crippen LogP contribution is -2.34. The average molecular weight is 497 g/mol. The summed E-state index contributed by atoms with van der Waals surface area (Å²) in [7, 11) is 0. The second kappa shape index (κ2) is 10.4. The van der Waals surface area contributed by atoms with E-state index in [1.807, 2.05) is 6.07 Å². The fourth-order valence-corrected chi connectivity index (χ4v) is 3.57. The predicted octanol–water partition coefficient (Wildman–Crippen LogP) is 5.45. The molecule has 36 heavy (non-hydrogen) atoms. The second-order valence-corrected chi connectivity index (χ2v) is 9.12. The normalized spacial score (nSPS) is 15.7. The van der Waals surface area contributed by atoms with Crippen molar-refractivity contribution in [2.24, 2.45) is 9.98 Å². The number of hydrogen-bond donors (Lipinski definition) is 1. The Morgan fingerprint density at radius 2 is 1.83 bits per heavy atom. The first kappa shape index (κ1) is 26.7. The maximum Gasteiger partial charge on any atom is 0.416 e. The molecule has 3 rings (SSSR count). The van der Waals surface area contributed by atoms with Crippen molar-refractivity contribution in [2.75, 3.05) is 0 Å². The highest BCUT2D eigenvalue weighted by Crippen LogP contribution is 2.39. The Kier molecular flexibility index (Phi) is 7.72. The largest absolute Gasteiger partial charge is 0.416 e. The van der Waals surface area contributed by atoms with Gasteiger partial charge in [-0.15, -0.1) is 0 Å². The van der Waals surface area contributed by atoms with E-state index in [-0.39, 0.29) is 28.3 Å². The van der Waals surface area contributed by atoms with Gasteiger partial charge in [0.15, 0.2) is 5.82 Å². The molecule has 1 amide bonds. The Balaban J connectivity index is 1.97. The van der Waals surface area contributed by atoms with Gasteiger partial charge in [0.1, 0.15) is 5.70 Å². The summed E-state index contributed by atoms with van der Waals surface area (Å²) in [4.78, 5) is 30.2. The Labute approximate surface area is 207 Å². The summed E-state index contributed by atoms with van der Waals surface area (Å²) in [5.41, 5.74) is -0.821. The van der Waals surface area contributed by atoms with Gasteiger partial charge in [0.2, 0.25) is 0 Å². The molecule has 1 aromatic heterocycles. The minimum Gasteiger partial charge on any atom is -0.344 e. The first-order valence-electron chi connectivity index (χ1n) is 11.4. The summed E-state index contributed by atoms with van der Waals surface area (Å²) in [5, 5.41) is 12.1. The van der Waals surface area contributed by atoms with E-state index in [9.17, 15) is 23.2 Å². The lowest BCUT2D eigenvalue weighted by molar-refractivity contribution is -0.137. The molecule has 2 aromatic rings. The number of nitrogens with one attached hydrogen (secondary N) is 1. The van der Waals surface area contributed by atoms with E-state index >= 15 is 0 Å². The fourth-order valence-electron chi connectivity index (χ4n) is 3.57. The van der Waals surface area contributed by atoms with Crippen LogP contribution in [0, 0.1) is 11.3 Å². The number of nitrogens with zero attached hydrogens (tertiary/aromatic N) is 5. The highest BCUT2D eigenvalue weighted by atomic mass is 19.4. The molecule has 1 aromatic carbocycles. The van der Waals surface area contributed by atoms with Crippen LogP contribution in [0.2, 0.25) is 0 Å². The molecule has 1 fully saturated rings. The van der Waals surface area contributed by atoms with Crippen molar-refractivity contribution in [3.05, 3.63) is 64.4 Å². The summed E-state index contributed by atoms with van der Waals surface area (Å²) in [6.07, 6.45) is 2.50. The number of aliphatic imine (C=N–C) groups is 2. The van der Waals surface area contributed by atoms with E-state index in [4.69, 9.17) is 0 Å². The van der Waals surface area contributed by atoms with Crippen molar-refractivity contribution in [2.45, 2.75) is 64.1 Å². The molecular weight excluding hydrogens is 469 g/mol. The van der Waals surface area contributed by atoms with Gasteiger partial charge in [0.05, 0.1) is 28.8 Å². The number of amides is 1. The van der Waals surface area contributed by atoms with E-state index in [1.54, 1.807) is 26.2 Å². The minimum absolute atomic E-state index is 0.0793. The van der Waals surface area contributed by atoms with Crippen LogP contribution in [0.1, 0.15) is 79.3 Å². The first-order valence-corrected chi connectivity index (χ1v) is 11.4. The molecule has 7 nitrogen and oxygen atoms in total. The zero-order valence-corrected chi connectivity index (χ0v) is 20.5. The molecule has 0 radical (unpaired) electrons. The second-order valence-electron chi connectivity index (χ2n) is 9.12. The monoisotopic (exact) mass is 496 g/mol. The number of nitriles is 1. The number of alkyl halides is 3. The minimum atomic E-state index is -4.69. The molecule has 188 valence electrons. The molecule has 0 saturated heterocycles. The van der Waals surface area contributed by atoms with Gasteiger partial charge in [0.25, 0.3) is 5.91 Å². The van der Waals surface area contributed by atoms with E-state index in [0.717, 1.165) is 30.5 Å². The number of benzene rings is 1. The summed E-state index contributed by atoms with van der Waals surface area (Å²) in [5.74, 6) is -0.00702. The summed E-state index contributed by atoms with van der Waals surface area (Å²) < 4.78 is 40.6. The van der Waals surface area contributed by atoms with E-state index in [1.165, 1.54) is 26.1 Å². The maximum absolute atomic E-state index is 13.5. The quantitative estimate of drug-likeness (QED) is 0.491. The van der Waals surface area contributed by atoms with Crippen LogP contribution in [0.15, 0.2) is 46.3 Å². The van der Waals surface area contributed by atoms with Crippen LogP contribution < -0.4 is 5.32 Å². The van der Waals surface area contributed by atoms with Crippen molar-refractivity contribution in [3.8, 4) is 6.07 Å². The van der Waals surface area contributed by atoms with E-state index in [0.29, 0.717) is 5.92 Å². The Morgan fingerprint density at radius 1 is 1.22 bits per heavy atom. The third kappa shape index (κ3) is 6.03. The van der Waals surface area contributed by atoms with Gasteiger partial charge in [-0.3, -0.25) is 14.8 Å². The smallest absolute Gasteiger partial charge is 0.344 e. The highest BCUT2D eigenvalue weighted by molar-refractivity contribution is 5.95. The SMILES string of the molecule is C=N/C(=C(\N=CC)c1ncc(C2CC2)cn1)C(C)NC(=O)c1cc(C(F)(F)F)cc(C(C)(C)C#N)c1. The molecule has 0 bridgehead atoms. The van der Waals surface area contributed by atoms with Crippen molar-refractivity contribution >= 4 is 24.5 Å². The molecule has 1 atom stereocenters. The molecule has 0 spiro atoms. The standard InChI is InChI=1S/C26H27F3N6O/c1-6-32-22(23-33-12-18(13-34-23)16-7-8-16)21(31-5)15(2)35-24(36)17-9-19(25(3,4)14-30)11-20(10-17)26(27,28)29/h6,9-13,15-16H,5,7-8H2,1-4H3,(H,35,36)/b22-21-,32-6?. The summed E-state index contributed by atoms with van der Waals surface area (Å²) >= 11 is 0. The third-order valence-electron chi connectivity index (χ3n) is 5.89. The Hall–Kier alpha value is -3.87. The van der Waals surface area contributed by atoms with Crippen LogP contribution in [0.4, 0.5) is 13.2 Å². The van der Waals surface area contributed by atoms with Gasteiger partial charge >= 0.3 is 6.18 Å². The van der Waals surface area contributed by atoms with E-state index < -0.39 is 29.1 Å². The summed E-state index contributed by atoms with van der Waals surface area (Å²) in [6, 6.07) is 4.12. The zero-order chi connectivity index (χ0) is 26.7. The number of rotatable bonds is 8. The topological polar surface area (TPSA) is 103 Å². The Morgan fingerprint density at radius 3 is 2.33 bits per heavy atom. The van der Waals surface area contributed by atoms with Gasteiger partial charge in [-0.1, -0.05) is 0 Å². The molecule has 0 aliphatic heterocycles. The molecular formula is C26H27F3N6O. The maximum atomic E-state index is 13.5. The van der Waals surface area contributed by atoms with Crippen molar-refractivity contribution < 1.29 is 18.0 Å². The van der Waals surface area contributed by atoms with Gasteiger partial charge in [-0.25, -0.2) is 9.97 Å². The lowest BCUT2D eigenvalue weighted by atomic mass is 9.84. The molecule has 1 N–H and O–H groups in total. The van der Waals surface area contributed by atoms with Crippen LogP contribution in [0.25, 0.3) is 5.70 Å². The number of hydrogen-bond acceptors (Lipinski definition) is 6. The first-order chi connectivity index (χ1) is 16.9. The number of carbonyl (C=O) groups is 1. The van der Waals surface area contributed by atoms with Crippen molar-refractivity contribution in [1.82, 2.24) is 15.3 Å². The number of carbonyl (C=O) groups excluding carboxylic acids is 1. The van der Waals surface area contributed by atoms with Gasteiger partial charge < -0.3 is 5.32 Å². The van der Waals surface area contributed by atoms with Crippen LogP contribution in [-0.4, -0.2) is 34.8 Å². The number of aromatic nitrogens is 2. The van der Waals surface area contributed by atoms with Crippen molar-refractivity contribution in [1.29, 1.82) is 5.26 Å². The fraction of sp³-hybridized carbons (Fsp3) is 0.385. The van der Waals surface area contributed by atoms with Gasteiger partial charge in [-0.2, -0.15) is 18.4 Å². The van der Waals surface area contributed by atoms with Crippen LogP contribution in [0.3, 0.4) is 0 Å². The molecule has 1 aliphatic carbocycles. The lowest BCUT2D eigenvalue weighted by Gasteiger charge is -2.21. The van der Waals surface area contributed by atoms with Crippen LogP contribution in [0.5, 0.6) is 0 Å². The van der Waals surface area contributed by atoms with E-state index in [2.05, 4.69) is 32.0 Å². The van der Waals surface area contributed by atoms with Gasteiger partial charge in [-0.05, 0) is 82.5 Å². The molecule has 1 aliphatic rings. The van der Waals surface area contributed by atoms with Gasteiger partial charge in [0, 0.05) is 24.2 Å². The van der Waals surface area contributed by atoms with Crippen LogP contribution >= 0.6 is 0 Å². The third-order valence-corrected chi connectivity index (χ3v) is 5.89. The van der Waals surface area contributed by atoms with Crippen molar-refractivity contribution in [3.63, 3.8) is 0 Å². The predicted molar refractivity (Wildman–Crippen MR) is 132 cm³/mol. The Bertz CT molecular complexity index is 1250. The molecule has 1 saturated carbocycles. The highest BCUT2D eigenvalue weighted by Gasteiger charge is 2.34.